The lowest BCUT2D eigenvalue weighted by atomic mass is 10.1. The lowest BCUT2D eigenvalue weighted by molar-refractivity contribution is 0.186. The number of ether oxygens (including phenoxy) is 1. The first-order valence-corrected chi connectivity index (χ1v) is 6.68. The summed E-state index contributed by atoms with van der Waals surface area (Å²) in [6.45, 7) is 1.76. The predicted molar refractivity (Wildman–Crippen MR) is 73.6 cm³/mol. The molecule has 21 heavy (non-hydrogen) atoms. The van der Waals surface area contributed by atoms with E-state index in [9.17, 15) is 9.59 Å². The van der Waals surface area contributed by atoms with Gasteiger partial charge in [0, 0.05) is 19.2 Å². The number of amides is 1. The number of aromatic nitrogens is 3. The summed E-state index contributed by atoms with van der Waals surface area (Å²) >= 11 is 0. The minimum absolute atomic E-state index is 0.106. The number of nitrogens with zero attached hydrogens (tertiary/aromatic N) is 4. The second kappa shape index (κ2) is 5.43. The average molecular weight is 293 g/mol. The maximum Gasteiger partial charge on any atom is 0.461 e. The number of hydrogen-bond acceptors (Lipinski definition) is 7. The van der Waals surface area contributed by atoms with Crippen LogP contribution in [0, 0.1) is 0 Å². The molecule has 0 unspecified atom stereocenters. The molecular weight excluding hydrogens is 278 g/mol. The van der Waals surface area contributed by atoms with Crippen LogP contribution in [0.25, 0.3) is 5.78 Å². The van der Waals surface area contributed by atoms with E-state index in [0.717, 1.165) is 30.5 Å². The Morgan fingerprint density at radius 1 is 1.33 bits per heavy atom. The zero-order valence-electron chi connectivity index (χ0n) is 11.5. The van der Waals surface area contributed by atoms with Gasteiger partial charge in [-0.1, -0.05) is 0 Å². The highest BCUT2D eigenvalue weighted by molar-refractivity contribution is 5.84. The van der Waals surface area contributed by atoms with Crippen LogP contribution in [0.5, 0.6) is 0 Å². The van der Waals surface area contributed by atoms with Gasteiger partial charge in [0.15, 0.2) is 5.82 Å². The van der Waals surface area contributed by atoms with Gasteiger partial charge in [-0.05, 0) is 19.3 Å². The van der Waals surface area contributed by atoms with Crippen molar-refractivity contribution >= 4 is 23.5 Å². The van der Waals surface area contributed by atoms with E-state index in [0.29, 0.717) is 5.82 Å². The maximum absolute atomic E-state index is 11.4. The Labute approximate surface area is 119 Å². The zero-order valence-corrected chi connectivity index (χ0v) is 11.5. The first kappa shape index (κ1) is 13.4. The van der Waals surface area contributed by atoms with Crippen LogP contribution in [0.3, 0.4) is 0 Å². The highest BCUT2D eigenvalue weighted by atomic mass is 16.5. The van der Waals surface area contributed by atoms with Crippen LogP contribution in [-0.4, -0.2) is 40.8 Å². The molecule has 1 amide bonds. The van der Waals surface area contributed by atoms with E-state index >= 15 is 0 Å². The Morgan fingerprint density at radius 3 is 2.81 bits per heavy atom. The summed E-state index contributed by atoms with van der Waals surface area (Å²) in [5, 5.41) is 2.49. The van der Waals surface area contributed by atoms with Crippen LogP contribution in [0.4, 0.5) is 16.4 Å². The fourth-order valence-electron chi connectivity index (χ4n) is 2.34. The molecule has 112 valence electrons. The van der Waals surface area contributed by atoms with Gasteiger partial charge in [-0.15, -0.1) is 9.56 Å². The number of rotatable bonds is 2. The normalized spacial score (nSPS) is 15.2. The second-order valence-corrected chi connectivity index (χ2v) is 4.73. The van der Waals surface area contributed by atoms with E-state index in [4.69, 9.17) is 4.52 Å². The van der Waals surface area contributed by atoms with E-state index in [1.165, 1.54) is 13.5 Å². The SMILES string of the molecule is COC(=O)Nc1cc(N2CCCCC2)nc2nc(=O)on12. The summed E-state index contributed by atoms with van der Waals surface area (Å²) in [5.41, 5.74) is 0. The molecule has 0 bridgehead atoms. The largest absolute Gasteiger partial charge is 0.461 e. The van der Waals surface area contributed by atoms with Gasteiger partial charge in [-0.3, -0.25) is 5.32 Å². The van der Waals surface area contributed by atoms with Crippen molar-refractivity contribution in [2.75, 3.05) is 30.4 Å². The molecule has 0 aliphatic carbocycles. The molecule has 0 atom stereocenters. The molecule has 0 spiro atoms. The Hall–Kier alpha value is -2.58. The molecule has 1 N–H and O–H groups in total. The molecular formula is C12H15N5O4. The molecule has 1 fully saturated rings. The molecule has 0 saturated carbocycles. The van der Waals surface area contributed by atoms with Gasteiger partial charge in [-0.2, -0.15) is 4.98 Å². The van der Waals surface area contributed by atoms with Gasteiger partial charge in [-0.25, -0.2) is 9.59 Å². The number of hydrogen-bond donors (Lipinski definition) is 1. The minimum atomic E-state index is -0.772. The van der Waals surface area contributed by atoms with E-state index in [2.05, 4.69) is 24.9 Å². The molecule has 0 radical (unpaired) electrons. The third-order valence-corrected chi connectivity index (χ3v) is 3.34. The van der Waals surface area contributed by atoms with Crippen molar-refractivity contribution in [3.63, 3.8) is 0 Å². The van der Waals surface area contributed by atoms with Crippen molar-refractivity contribution in [2.45, 2.75) is 19.3 Å². The number of carbonyl (C=O) groups excluding carboxylic acids is 1. The smallest absolute Gasteiger partial charge is 0.453 e. The summed E-state index contributed by atoms with van der Waals surface area (Å²) in [6.07, 6.45) is 2.69. The highest BCUT2D eigenvalue weighted by Gasteiger charge is 2.18. The highest BCUT2D eigenvalue weighted by Crippen LogP contribution is 2.22. The molecule has 9 heteroatoms. The number of piperidine rings is 1. The van der Waals surface area contributed by atoms with Crippen molar-refractivity contribution in [2.24, 2.45) is 0 Å². The quantitative estimate of drug-likeness (QED) is 0.875. The van der Waals surface area contributed by atoms with Crippen molar-refractivity contribution < 1.29 is 14.1 Å². The van der Waals surface area contributed by atoms with Gasteiger partial charge in [0.25, 0.3) is 5.78 Å². The summed E-state index contributed by atoms with van der Waals surface area (Å²) in [5.74, 6) is 0.233. The van der Waals surface area contributed by atoms with Crippen LogP contribution in [0.1, 0.15) is 19.3 Å². The van der Waals surface area contributed by atoms with Crippen molar-refractivity contribution in [3.05, 3.63) is 16.6 Å². The lowest BCUT2D eigenvalue weighted by Gasteiger charge is -2.27. The summed E-state index contributed by atoms with van der Waals surface area (Å²) < 4.78 is 10.5. The maximum atomic E-state index is 11.4. The van der Waals surface area contributed by atoms with Gasteiger partial charge in [0.05, 0.1) is 7.11 Å². The fourth-order valence-corrected chi connectivity index (χ4v) is 2.34. The number of carbonyl (C=O) groups is 1. The average Bonchev–Trinajstić information content (AvgIpc) is 2.88. The van der Waals surface area contributed by atoms with Gasteiger partial charge < -0.3 is 14.2 Å². The molecule has 1 aliphatic rings. The first-order valence-electron chi connectivity index (χ1n) is 6.68. The van der Waals surface area contributed by atoms with Crippen LogP contribution >= 0.6 is 0 Å². The van der Waals surface area contributed by atoms with Crippen LogP contribution < -0.4 is 16.0 Å². The van der Waals surface area contributed by atoms with Crippen LogP contribution in [0.2, 0.25) is 0 Å². The minimum Gasteiger partial charge on any atom is -0.453 e. The summed E-state index contributed by atoms with van der Waals surface area (Å²) in [4.78, 5) is 32.8. The Balaban J connectivity index is 2.04. The van der Waals surface area contributed by atoms with Crippen LogP contribution in [-0.2, 0) is 4.74 Å². The molecule has 3 rings (SSSR count). The predicted octanol–water partition coefficient (Wildman–Crippen LogP) is 0.851. The molecule has 1 aliphatic heterocycles. The topological polar surface area (TPSA) is 102 Å². The number of nitrogens with one attached hydrogen (secondary N) is 1. The monoisotopic (exact) mass is 293 g/mol. The fraction of sp³-hybridized carbons (Fsp3) is 0.500. The second-order valence-electron chi connectivity index (χ2n) is 4.73. The third kappa shape index (κ3) is 2.67. The molecule has 2 aromatic rings. The van der Waals surface area contributed by atoms with Crippen LogP contribution in [0.15, 0.2) is 15.4 Å². The van der Waals surface area contributed by atoms with E-state index < -0.39 is 11.8 Å². The summed E-state index contributed by atoms with van der Waals surface area (Å²) in [6, 6.07) is 1.64. The molecule has 0 aromatic carbocycles. The first-order chi connectivity index (χ1) is 10.2. The van der Waals surface area contributed by atoms with Crippen molar-refractivity contribution in [1.82, 2.24) is 14.5 Å². The van der Waals surface area contributed by atoms with Crippen molar-refractivity contribution in [1.29, 1.82) is 0 Å². The van der Waals surface area contributed by atoms with E-state index in [1.54, 1.807) is 6.07 Å². The Bertz CT molecular complexity index is 716. The van der Waals surface area contributed by atoms with Gasteiger partial charge in [0.2, 0.25) is 0 Å². The van der Waals surface area contributed by atoms with E-state index in [-0.39, 0.29) is 11.6 Å². The Kier molecular flexibility index (Phi) is 3.46. The molecule has 1 saturated heterocycles. The zero-order chi connectivity index (χ0) is 14.8. The van der Waals surface area contributed by atoms with E-state index in [1.807, 2.05) is 0 Å². The molecule has 9 nitrogen and oxygen atoms in total. The lowest BCUT2D eigenvalue weighted by Crippen LogP contribution is -2.30. The summed E-state index contributed by atoms with van der Waals surface area (Å²) in [7, 11) is 1.25. The third-order valence-electron chi connectivity index (χ3n) is 3.34. The number of anilines is 2. The standard InChI is InChI=1S/C12H15N5O4/c1-20-11(18)14-9-7-8(16-5-3-2-4-6-16)13-10-15-12(19)21-17(9)10/h7H,2-6H2,1H3,(H,14,18). The number of fused-ring (bicyclic) bond motifs is 1. The number of methoxy groups -OCH3 is 1. The van der Waals surface area contributed by atoms with Crippen molar-refractivity contribution in [3.8, 4) is 0 Å². The Morgan fingerprint density at radius 2 is 2.10 bits per heavy atom. The van der Waals surface area contributed by atoms with Gasteiger partial charge in [0.1, 0.15) is 5.82 Å². The molecule has 2 aromatic heterocycles. The van der Waals surface area contributed by atoms with Gasteiger partial charge >= 0.3 is 11.8 Å². The molecule has 3 heterocycles.